The van der Waals surface area contributed by atoms with Gasteiger partial charge in [-0.2, -0.15) is 0 Å². The van der Waals surface area contributed by atoms with Gasteiger partial charge in [0.05, 0.1) is 5.52 Å². The van der Waals surface area contributed by atoms with Crippen molar-refractivity contribution in [2.75, 3.05) is 7.05 Å². The highest BCUT2D eigenvalue weighted by molar-refractivity contribution is 9.10. The van der Waals surface area contributed by atoms with Gasteiger partial charge in [0.2, 0.25) is 5.91 Å². The van der Waals surface area contributed by atoms with Gasteiger partial charge < -0.3 is 9.32 Å². The molecule has 0 spiro atoms. The maximum absolute atomic E-state index is 12.4. The minimum atomic E-state index is -0.520. The van der Waals surface area contributed by atoms with Crippen molar-refractivity contribution in [3.63, 3.8) is 0 Å². The number of carbonyl (C=O) groups excluding carboxylic acids is 1. The number of carbonyl (C=O) groups is 1. The molecule has 1 amide bonds. The topological polar surface area (TPSA) is 55.5 Å². The summed E-state index contributed by atoms with van der Waals surface area (Å²) in [6, 6.07) is 14.8. The average Bonchev–Trinajstić information content (AvgIpc) is 2.85. The molecule has 1 aromatic heterocycles. The molecular formula is C17H15BrN2O3. The van der Waals surface area contributed by atoms with Gasteiger partial charge in [0.1, 0.15) is 6.54 Å². The number of halogens is 1. The molecular weight excluding hydrogens is 360 g/mol. The van der Waals surface area contributed by atoms with Gasteiger partial charge >= 0.3 is 5.76 Å². The zero-order valence-electron chi connectivity index (χ0n) is 12.5. The summed E-state index contributed by atoms with van der Waals surface area (Å²) in [6.45, 7) is 0.418. The standard InChI is InChI=1S/C17H15BrN2O3/c1-19(10-12-6-2-3-7-13(12)18)16(21)11-20-14-8-4-5-9-15(14)23-17(20)22/h2-9H,10-11H2,1H3. The van der Waals surface area contributed by atoms with Crippen molar-refractivity contribution in [2.24, 2.45) is 0 Å². The number of hydrogen-bond donors (Lipinski definition) is 0. The summed E-state index contributed by atoms with van der Waals surface area (Å²) in [5.74, 6) is -0.678. The van der Waals surface area contributed by atoms with Crippen LogP contribution in [0.5, 0.6) is 0 Å². The van der Waals surface area contributed by atoms with Crippen LogP contribution >= 0.6 is 15.9 Å². The molecule has 0 aliphatic heterocycles. The van der Waals surface area contributed by atoms with Crippen molar-refractivity contribution < 1.29 is 9.21 Å². The van der Waals surface area contributed by atoms with Crippen molar-refractivity contribution in [1.82, 2.24) is 9.47 Å². The molecule has 0 unspecified atom stereocenters. The van der Waals surface area contributed by atoms with E-state index < -0.39 is 5.76 Å². The highest BCUT2D eigenvalue weighted by Crippen LogP contribution is 2.18. The smallest absolute Gasteiger partial charge is 0.408 e. The molecule has 0 atom stereocenters. The molecule has 1 heterocycles. The van der Waals surface area contributed by atoms with Gasteiger partial charge in [-0.25, -0.2) is 4.79 Å². The van der Waals surface area contributed by atoms with Gasteiger partial charge in [-0.3, -0.25) is 9.36 Å². The Bertz CT molecular complexity index is 913. The van der Waals surface area contributed by atoms with Gasteiger partial charge in [0.25, 0.3) is 0 Å². The van der Waals surface area contributed by atoms with E-state index in [1.165, 1.54) is 4.57 Å². The Labute approximate surface area is 141 Å². The first kappa shape index (κ1) is 15.6. The molecule has 5 nitrogen and oxygen atoms in total. The third-order valence-electron chi connectivity index (χ3n) is 3.66. The molecule has 6 heteroatoms. The van der Waals surface area contributed by atoms with Crippen LogP contribution in [0.4, 0.5) is 0 Å². The summed E-state index contributed by atoms with van der Waals surface area (Å²) in [4.78, 5) is 25.9. The molecule has 23 heavy (non-hydrogen) atoms. The third kappa shape index (κ3) is 3.22. The maximum Gasteiger partial charge on any atom is 0.420 e. The number of benzene rings is 2. The van der Waals surface area contributed by atoms with Gasteiger partial charge in [0.15, 0.2) is 5.58 Å². The van der Waals surface area contributed by atoms with Crippen molar-refractivity contribution in [1.29, 1.82) is 0 Å². The number of para-hydroxylation sites is 2. The number of hydrogen-bond acceptors (Lipinski definition) is 3. The van der Waals surface area contributed by atoms with Crippen LogP contribution in [0.25, 0.3) is 11.1 Å². The van der Waals surface area contributed by atoms with Crippen LogP contribution in [0, 0.1) is 0 Å². The Hall–Kier alpha value is -2.34. The molecule has 3 aromatic rings. The lowest BCUT2D eigenvalue weighted by Crippen LogP contribution is -2.32. The first-order valence-corrected chi connectivity index (χ1v) is 7.91. The molecule has 0 N–H and O–H groups in total. The molecule has 2 aromatic carbocycles. The van der Waals surface area contributed by atoms with E-state index in [1.807, 2.05) is 30.3 Å². The second-order valence-corrected chi connectivity index (χ2v) is 6.12. The summed E-state index contributed by atoms with van der Waals surface area (Å²) in [5, 5.41) is 0. The van der Waals surface area contributed by atoms with Crippen LogP contribution in [0.1, 0.15) is 5.56 Å². The lowest BCUT2D eigenvalue weighted by molar-refractivity contribution is -0.131. The third-order valence-corrected chi connectivity index (χ3v) is 4.43. The Morgan fingerprint density at radius 3 is 2.65 bits per heavy atom. The van der Waals surface area contributed by atoms with Gasteiger partial charge in [-0.1, -0.05) is 46.3 Å². The predicted octanol–water partition coefficient (Wildman–Crippen LogP) is 3.02. The largest absolute Gasteiger partial charge is 0.420 e. The van der Waals surface area contributed by atoms with Gasteiger partial charge in [-0.05, 0) is 23.8 Å². The van der Waals surface area contributed by atoms with E-state index >= 15 is 0 Å². The zero-order valence-corrected chi connectivity index (χ0v) is 14.1. The minimum absolute atomic E-state index is 0.0448. The normalized spacial score (nSPS) is 10.9. The molecule has 0 fully saturated rings. The Kier molecular flexibility index (Phi) is 4.34. The summed E-state index contributed by atoms with van der Waals surface area (Å²) < 4.78 is 7.45. The monoisotopic (exact) mass is 374 g/mol. The molecule has 0 bridgehead atoms. The number of likely N-dealkylation sites (N-methyl/N-ethyl adjacent to an activating group) is 1. The Morgan fingerprint density at radius 1 is 1.17 bits per heavy atom. The van der Waals surface area contributed by atoms with E-state index in [0.29, 0.717) is 17.6 Å². The quantitative estimate of drug-likeness (QED) is 0.705. The minimum Gasteiger partial charge on any atom is -0.408 e. The van der Waals surface area contributed by atoms with E-state index in [4.69, 9.17) is 4.42 Å². The van der Waals surface area contributed by atoms with Crippen molar-refractivity contribution in [3.05, 3.63) is 69.1 Å². The highest BCUT2D eigenvalue weighted by atomic mass is 79.9. The maximum atomic E-state index is 12.4. The number of fused-ring (bicyclic) bond motifs is 1. The molecule has 0 saturated carbocycles. The summed E-state index contributed by atoms with van der Waals surface area (Å²) in [5.41, 5.74) is 2.12. The fraction of sp³-hybridized carbons (Fsp3) is 0.176. The molecule has 0 aliphatic carbocycles. The highest BCUT2D eigenvalue weighted by Gasteiger charge is 2.16. The molecule has 0 aliphatic rings. The van der Waals surface area contributed by atoms with Crippen molar-refractivity contribution in [3.8, 4) is 0 Å². The van der Waals surface area contributed by atoms with Crippen LogP contribution < -0.4 is 5.76 Å². The van der Waals surface area contributed by atoms with Crippen molar-refractivity contribution >= 4 is 32.9 Å². The number of rotatable bonds is 4. The number of amides is 1. The Morgan fingerprint density at radius 2 is 1.87 bits per heavy atom. The molecule has 3 rings (SSSR count). The zero-order chi connectivity index (χ0) is 16.4. The fourth-order valence-corrected chi connectivity index (χ4v) is 2.80. The first-order valence-electron chi connectivity index (χ1n) is 7.12. The summed E-state index contributed by atoms with van der Waals surface area (Å²) >= 11 is 3.47. The Balaban J connectivity index is 1.79. The van der Waals surface area contributed by atoms with E-state index in [9.17, 15) is 9.59 Å². The van der Waals surface area contributed by atoms with Crippen LogP contribution in [0.3, 0.4) is 0 Å². The fourth-order valence-electron chi connectivity index (χ4n) is 2.39. The lowest BCUT2D eigenvalue weighted by atomic mass is 10.2. The average molecular weight is 375 g/mol. The number of nitrogens with zero attached hydrogens (tertiary/aromatic N) is 2. The number of oxazole rings is 1. The molecule has 0 radical (unpaired) electrons. The molecule has 118 valence electrons. The summed E-state index contributed by atoms with van der Waals surface area (Å²) in [7, 11) is 1.72. The van der Waals surface area contributed by atoms with E-state index in [0.717, 1.165) is 10.0 Å². The van der Waals surface area contributed by atoms with E-state index in [-0.39, 0.29) is 12.5 Å². The lowest BCUT2D eigenvalue weighted by Gasteiger charge is -2.18. The second kappa shape index (κ2) is 6.42. The summed E-state index contributed by atoms with van der Waals surface area (Å²) in [6.07, 6.45) is 0. The SMILES string of the molecule is CN(Cc1ccccc1Br)C(=O)Cn1c(=O)oc2ccccc21. The van der Waals surface area contributed by atoms with Gasteiger partial charge in [0, 0.05) is 18.1 Å². The van der Waals surface area contributed by atoms with Crippen LogP contribution in [-0.2, 0) is 17.9 Å². The van der Waals surface area contributed by atoms with Crippen LogP contribution in [0.15, 0.2) is 62.2 Å². The second-order valence-electron chi connectivity index (χ2n) is 5.26. The van der Waals surface area contributed by atoms with E-state index in [2.05, 4.69) is 15.9 Å². The molecule has 0 saturated heterocycles. The van der Waals surface area contributed by atoms with E-state index in [1.54, 1.807) is 30.1 Å². The predicted molar refractivity (Wildman–Crippen MR) is 91.1 cm³/mol. The van der Waals surface area contributed by atoms with Crippen molar-refractivity contribution in [2.45, 2.75) is 13.1 Å². The first-order chi connectivity index (χ1) is 11.1. The van der Waals surface area contributed by atoms with Crippen LogP contribution in [-0.4, -0.2) is 22.4 Å². The van der Waals surface area contributed by atoms with Gasteiger partial charge in [-0.15, -0.1) is 0 Å². The van der Waals surface area contributed by atoms with Crippen LogP contribution in [0.2, 0.25) is 0 Å². The number of aromatic nitrogens is 1.